The number of hydrogen-bond donors (Lipinski definition) is 1. The first kappa shape index (κ1) is 14.4. The summed E-state index contributed by atoms with van der Waals surface area (Å²) in [6.45, 7) is 4.65. The minimum Gasteiger partial charge on any atom is -0.368 e. The van der Waals surface area contributed by atoms with Crippen LogP contribution in [0.25, 0.3) is 0 Å². The van der Waals surface area contributed by atoms with Crippen molar-refractivity contribution in [2.45, 2.75) is 25.8 Å². The van der Waals surface area contributed by atoms with E-state index in [0.717, 1.165) is 32.5 Å². The van der Waals surface area contributed by atoms with E-state index < -0.39 is 4.92 Å². The van der Waals surface area contributed by atoms with Crippen LogP contribution in [-0.2, 0) is 0 Å². The van der Waals surface area contributed by atoms with Gasteiger partial charge in [0.2, 0.25) is 11.8 Å². The van der Waals surface area contributed by atoms with E-state index in [1.54, 1.807) is 0 Å². The maximum atomic E-state index is 11.2. The summed E-state index contributed by atoms with van der Waals surface area (Å²) >= 11 is 0. The van der Waals surface area contributed by atoms with Crippen LogP contribution < -0.4 is 10.6 Å². The smallest absolute Gasteiger partial charge is 0.329 e. The second kappa shape index (κ2) is 6.00. The third-order valence-electron chi connectivity index (χ3n) is 3.61. The molecule has 1 saturated heterocycles. The summed E-state index contributed by atoms with van der Waals surface area (Å²) in [4.78, 5) is 22.8. The lowest BCUT2D eigenvalue weighted by molar-refractivity contribution is -0.384. The number of nitrogens with two attached hydrogens (primary N) is 1. The Morgan fingerprint density at radius 1 is 1.55 bits per heavy atom. The highest BCUT2D eigenvalue weighted by molar-refractivity contribution is 5.59. The van der Waals surface area contributed by atoms with E-state index >= 15 is 0 Å². The van der Waals surface area contributed by atoms with Gasteiger partial charge in [0, 0.05) is 19.1 Å². The van der Waals surface area contributed by atoms with Crippen molar-refractivity contribution in [2.75, 3.05) is 37.3 Å². The van der Waals surface area contributed by atoms with Crippen LogP contribution in [0.1, 0.15) is 19.8 Å². The summed E-state index contributed by atoms with van der Waals surface area (Å²) in [5, 5.41) is 11.2. The summed E-state index contributed by atoms with van der Waals surface area (Å²) in [6, 6.07) is 0.190. The highest BCUT2D eigenvalue weighted by Crippen LogP contribution is 2.29. The van der Waals surface area contributed by atoms with Crippen LogP contribution in [0, 0.1) is 10.1 Å². The van der Waals surface area contributed by atoms with Crippen LogP contribution >= 0.6 is 0 Å². The third-order valence-corrected chi connectivity index (χ3v) is 3.61. The van der Waals surface area contributed by atoms with Gasteiger partial charge in [0.1, 0.15) is 6.20 Å². The molecule has 1 aromatic rings. The van der Waals surface area contributed by atoms with Gasteiger partial charge >= 0.3 is 5.69 Å². The molecule has 1 aliphatic rings. The molecule has 0 aliphatic carbocycles. The van der Waals surface area contributed by atoms with Gasteiger partial charge in [-0.1, -0.05) is 6.92 Å². The van der Waals surface area contributed by atoms with Crippen LogP contribution in [0.5, 0.6) is 0 Å². The average Bonchev–Trinajstić information content (AvgIpc) is 2.59. The van der Waals surface area contributed by atoms with Crippen molar-refractivity contribution >= 4 is 17.5 Å². The standard InChI is InChI=1S/C12H20N6O2/c1-3-9-8-16(2)5-4-6-17(9)11-10(18(19)20)7-14-12(13)15-11/h7,9H,3-6,8H2,1-2H3,(H2,13,14,15). The van der Waals surface area contributed by atoms with Crippen molar-refractivity contribution in [2.24, 2.45) is 0 Å². The molecule has 1 aliphatic heterocycles. The number of rotatable bonds is 3. The summed E-state index contributed by atoms with van der Waals surface area (Å²) in [6.07, 6.45) is 3.03. The second-order valence-electron chi connectivity index (χ2n) is 5.07. The van der Waals surface area contributed by atoms with E-state index in [2.05, 4.69) is 28.8 Å². The van der Waals surface area contributed by atoms with Crippen LogP contribution in [-0.4, -0.2) is 52.5 Å². The fourth-order valence-corrected chi connectivity index (χ4v) is 2.59. The summed E-state index contributed by atoms with van der Waals surface area (Å²) in [7, 11) is 2.06. The molecule has 2 rings (SSSR count). The van der Waals surface area contributed by atoms with Crippen molar-refractivity contribution < 1.29 is 4.92 Å². The Kier molecular flexibility index (Phi) is 4.33. The number of aromatic nitrogens is 2. The predicted molar refractivity (Wildman–Crippen MR) is 76.6 cm³/mol. The predicted octanol–water partition coefficient (Wildman–Crippen LogP) is 0.887. The second-order valence-corrected chi connectivity index (χ2v) is 5.07. The molecule has 0 saturated carbocycles. The van der Waals surface area contributed by atoms with Gasteiger partial charge in [0.15, 0.2) is 0 Å². The van der Waals surface area contributed by atoms with E-state index in [-0.39, 0.29) is 17.7 Å². The molecule has 0 radical (unpaired) electrons. The summed E-state index contributed by atoms with van der Waals surface area (Å²) < 4.78 is 0. The molecule has 2 heterocycles. The zero-order chi connectivity index (χ0) is 14.7. The van der Waals surface area contributed by atoms with Crippen molar-refractivity contribution in [3.8, 4) is 0 Å². The molecule has 0 amide bonds. The Morgan fingerprint density at radius 3 is 2.95 bits per heavy atom. The van der Waals surface area contributed by atoms with E-state index in [0.29, 0.717) is 5.82 Å². The molecule has 0 aromatic carbocycles. The lowest BCUT2D eigenvalue weighted by atomic mass is 10.2. The lowest BCUT2D eigenvalue weighted by Gasteiger charge is -2.30. The summed E-state index contributed by atoms with van der Waals surface area (Å²) in [5.74, 6) is 0.405. The number of nitrogens with zero attached hydrogens (tertiary/aromatic N) is 5. The first-order valence-electron chi connectivity index (χ1n) is 6.75. The quantitative estimate of drug-likeness (QED) is 0.648. The van der Waals surface area contributed by atoms with Gasteiger partial charge in [-0.2, -0.15) is 4.98 Å². The Morgan fingerprint density at radius 2 is 2.30 bits per heavy atom. The topological polar surface area (TPSA) is 101 Å². The number of hydrogen-bond acceptors (Lipinski definition) is 7. The fourth-order valence-electron chi connectivity index (χ4n) is 2.59. The van der Waals surface area contributed by atoms with Gasteiger partial charge in [0.05, 0.1) is 4.92 Å². The molecule has 8 nitrogen and oxygen atoms in total. The Balaban J connectivity index is 2.41. The highest BCUT2D eigenvalue weighted by atomic mass is 16.6. The van der Waals surface area contributed by atoms with Crippen LogP contribution in [0.4, 0.5) is 17.5 Å². The zero-order valence-electron chi connectivity index (χ0n) is 11.8. The first-order valence-corrected chi connectivity index (χ1v) is 6.75. The number of nitro groups is 1. The number of nitrogen functional groups attached to an aromatic ring is 1. The van der Waals surface area contributed by atoms with Crippen molar-refractivity contribution in [3.05, 3.63) is 16.3 Å². The van der Waals surface area contributed by atoms with Gasteiger partial charge in [-0.25, -0.2) is 4.98 Å². The largest absolute Gasteiger partial charge is 0.368 e. The Bertz CT molecular complexity index is 495. The first-order chi connectivity index (χ1) is 9.52. The molecule has 1 fully saturated rings. The van der Waals surface area contributed by atoms with Gasteiger partial charge in [-0.05, 0) is 26.4 Å². The molecule has 0 bridgehead atoms. The van der Waals surface area contributed by atoms with E-state index in [1.165, 1.54) is 6.20 Å². The number of anilines is 2. The molecule has 0 spiro atoms. The minimum absolute atomic E-state index is 0.0676. The SMILES string of the molecule is CCC1CN(C)CCCN1c1nc(N)ncc1[N+](=O)[O-]. The summed E-state index contributed by atoms with van der Waals surface area (Å²) in [5.41, 5.74) is 5.52. The van der Waals surface area contributed by atoms with Crippen molar-refractivity contribution in [1.29, 1.82) is 0 Å². The molecular formula is C12H20N6O2. The zero-order valence-corrected chi connectivity index (χ0v) is 11.8. The van der Waals surface area contributed by atoms with Gasteiger partial charge in [-0.15, -0.1) is 0 Å². The molecule has 1 aromatic heterocycles. The average molecular weight is 280 g/mol. The Labute approximate surface area is 117 Å². The maximum Gasteiger partial charge on any atom is 0.329 e. The van der Waals surface area contributed by atoms with Gasteiger partial charge < -0.3 is 15.5 Å². The molecule has 1 atom stereocenters. The van der Waals surface area contributed by atoms with E-state index in [9.17, 15) is 10.1 Å². The number of likely N-dealkylation sites (N-methyl/N-ethyl adjacent to an activating group) is 1. The molecule has 2 N–H and O–H groups in total. The fraction of sp³-hybridized carbons (Fsp3) is 0.667. The van der Waals surface area contributed by atoms with E-state index in [4.69, 9.17) is 5.73 Å². The third kappa shape index (κ3) is 2.96. The van der Waals surface area contributed by atoms with Crippen LogP contribution in [0.2, 0.25) is 0 Å². The molecular weight excluding hydrogens is 260 g/mol. The molecule has 1 unspecified atom stereocenters. The van der Waals surface area contributed by atoms with Crippen molar-refractivity contribution in [3.63, 3.8) is 0 Å². The molecule has 20 heavy (non-hydrogen) atoms. The molecule has 8 heteroatoms. The highest BCUT2D eigenvalue weighted by Gasteiger charge is 2.29. The normalized spacial score (nSPS) is 20.7. The molecule has 110 valence electrons. The van der Waals surface area contributed by atoms with Crippen LogP contribution in [0.15, 0.2) is 6.20 Å². The van der Waals surface area contributed by atoms with Gasteiger partial charge in [0.25, 0.3) is 0 Å². The monoisotopic (exact) mass is 280 g/mol. The van der Waals surface area contributed by atoms with Crippen LogP contribution in [0.3, 0.4) is 0 Å². The van der Waals surface area contributed by atoms with E-state index in [1.807, 2.05) is 4.90 Å². The maximum absolute atomic E-state index is 11.2. The lowest BCUT2D eigenvalue weighted by Crippen LogP contribution is -2.40. The minimum atomic E-state index is -0.448. The van der Waals surface area contributed by atoms with Gasteiger partial charge in [-0.3, -0.25) is 10.1 Å². The van der Waals surface area contributed by atoms with Crippen molar-refractivity contribution in [1.82, 2.24) is 14.9 Å². The Hall–Kier alpha value is -1.96.